The fourth-order valence-electron chi connectivity index (χ4n) is 3.34. The number of likely N-dealkylation sites (tertiary alicyclic amines) is 1. The lowest BCUT2D eigenvalue weighted by molar-refractivity contribution is -0.143. The quantitative estimate of drug-likeness (QED) is 0.362. The highest BCUT2D eigenvalue weighted by molar-refractivity contribution is 7.80. The molecule has 3 aliphatic rings. The molecule has 13 nitrogen and oxygen atoms in total. The van der Waals surface area contributed by atoms with Crippen LogP contribution in [0.5, 0.6) is 0 Å². The fourth-order valence-corrected chi connectivity index (χ4v) is 3.73. The topological polar surface area (TPSA) is 172 Å². The third-order valence-electron chi connectivity index (χ3n) is 4.58. The number of hydroxylamine groups is 3. The molecular formula is C12H19N5O8S. The Labute approximate surface area is 148 Å². The van der Waals surface area contributed by atoms with E-state index in [2.05, 4.69) is 9.76 Å². The first kappa shape index (κ1) is 18.6. The summed E-state index contributed by atoms with van der Waals surface area (Å²) in [6.45, 7) is 0.764. The van der Waals surface area contributed by atoms with Gasteiger partial charge in [-0.1, -0.05) is 0 Å². The zero-order valence-corrected chi connectivity index (χ0v) is 14.4. The van der Waals surface area contributed by atoms with E-state index in [0.29, 0.717) is 24.4 Å². The maximum Gasteiger partial charge on any atom is 0.418 e. The van der Waals surface area contributed by atoms with Crippen molar-refractivity contribution in [2.24, 2.45) is 5.73 Å². The van der Waals surface area contributed by atoms with Crippen LogP contribution in [0.3, 0.4) is 0 Å². The van der Waals surface area contributed by atoms with Crippen molar-refractivity contribution in [1.29, 1.82) is 0 Å². The molecule has 0 saturated carbocycles. The zero-order chi connectivity index (χ0) is 19.1. The molecule has 5 amide bonds. The Hall–Kier alpha value is -2.16. The first-order valence-corrected chi connectivity index (χ1v) is 9.29. The smallest absolute Gasteiger partial charge is 0.351 e. The molecule has 146 valence electrons. The van der Waals surface area contributed by atoms with Gasteiger partial charge < -0.3 is 15.5 Å². The Bertz CT molecular complexity index is 714. The predicted octanol–water partition coefficient (Wildman–Crippen LogP) is -1.81. The zero-order valence-electron chi connectivity index (χ0n) is 13.6. The maximum atomic E-state index is 12.3. The molecule has 0 aromatic heterocycles. The number of carbonyl (C=O) groups excluding carboxylic acids is 3. The minimum atomic E-state index is -4.84. The van der Waals surface area contributed by atoms with Crippen molar-refractivity contribution in [3.05, 3.63) is 0 Å². The lowest BCUT2D eigenvalue weighted by Gasteiger charge is -2.29. The second-order valence-electron chi connectivity index (χ2n) is 6.29. The van der Waals surface area contributed by atoms with Crippen molar-refractivity contribution in [3.63, 3.8) is 0 Å². The van der Waals surface area contributed by atoms with Gasteiger partial charge in [0.2, 0.25) is 0 Å². The molecular weight excluding hydrogens is 374 g/mol. The Balaban J connectivity index is 1.55. The molecule has 0 radical (unpaired) electrons. The van der Waals surface area contributed by atoms with Crippen molar-refractivity contribution >= 4 is 28.4 Å². The Morgan fingerprint density at radius 3 is 2.58 bits per heavy atom. The minimum Gasteiger partial charge on any atom is -0.351 e. The standard InChI is InChI=1S/C12H19N5O8S/c13-11(19)15-4-3-8(6-15)24-14-10(18)9-2-1-7-5-16(9)12(20)17(7)25-26(21,22)23/h7-9H,1-6H2,(H2,13,19)(H,14,18)(H,21,22,23). The summed E-state index contributed by atoms with van der Waals surface area (Å²) < 4.78 is 34.7. The van der Waals surface area contributed by atoms with E-state index >= 15 is 0 Å². The van der Waals surface area contributed by atoms with Crippen molar-refractivity contribution in [3.8, 4) is 0 Å². The molecule has 0 aliphatic carbocycles. The lowest BCUT2D eigenvalue weighted by atomic mass is 10.0. The van der Waals surface area contributed by atoms with Gasteiger partial charge in [0.15, 0.2) is 0 Å². The van der Waals surface area contributed by atoms with Gasteiger partial charge in [0.05, 0.1) is 12.6 Å². The summed E-state index contributed by atoms with van der Waals surface area (Å²) in [5.41, 5.74) is 7.45. The van der Waals surface area contributed by atoms with E-state index in [4.69, 9.17) is 15.1 Å². The van der Waals surface area contributed by atoms with Crippen molar-refractivity contribution < 1.29 is 36.5 Å². The summed E-state index contributed by atoms with van der Waals surface area (Å²) in [5, 5.41) is 0.561. The second kappa shape index (κ2) is 6.86. The summed E-state index contributed by atoms with van der Waals surface area (Å²) in [7, 11) is -4.84. The van der Waals surface area contributed by atoms with Gasteiger partial charge in [-0.3, -0.25) is 14.2 Å². The van der Waals surface area contributed by atoms with E-state index in [1.807, 2.05) is 0 Å². The van der Waals surface area contributed by atoms with Gasteiger partial charge in [-0.15, -0.1) is 4.28 Å². The molecule has 2 bridgehead atoms. The summed E-state index contributed by atoms with van der Waals surface area (Å²) in [4.78, 5) is 43.5. The molecule has 3 aliphatic heterocycles. The van der Waals surface area contributed by atoms with Gasteiger partial charge in [-0.05, 0) is 19.3 Å². The van der Waals surface area contributed by atoms with Gasteiger partial charge >= 0.3 is 22.5 Å². The molecule has 0 aromatic rings. The van der Waals surface area contributed by atoms with E-state index in [1.165, 1.54) is 4.90 Å². The molecule has 3 rings (SSSR count). The van der Waals surface area contributed by atoms with Crippen LogP contribution in [0, 0.1) is 0 Å². The average Bonchev–Trinajstić information content (AvgIpc) is 3.12. The second-order valence-corrected chi connectivity index (χ2v) is 7.29. The number of hydrogen-bond acceptors (Lipinski definition) is 7. The van der Waals surface area contributed by atoms with Crippen molar-refractivity contribution in [1.82, 2.24) is 20.3 Å². The van der Waals surface area contributed by atoms with E-state index in [0.717, 1.165) is 4.90 Å². The van der Waals surface area contributed by atoms with E-state index < -0.39 is 46.6 Å². The molecule has 0 spiro atoms. The van der Waals surface area contributed by atoms with E-state index in [9.17, 15) is 22.8 Å². The number of carbonyl (C=O) groups is 3. The van der Waals surface area contributed by atoms with Crippen LogP contribution in [-0.2, 0) is 24.3 Å². The van der Waals surface area contributed by atoms with Crippen molar-refractivity contribution in [2.75, 3.05) is 19.6 Å². The first-order chi connectivity index (χ1) is 12.2. The van der Waals surface area contributed by atoms with Crippen LogP contribution in [0.1, 0.15) is 19.3 Å². The van der Waals surface area contributed by atoms with Crippen LogP contribution in [0.4, 0.5) is 9.59 Å². The minimum absolute atomic E-state index is 0.0886. The maximum absolute atomic E-state index is 12.3. The molecule has 3 atom stereocenters. The number of amides is 5. The number of fused-ring (bicyclic) bond motifs is 2. The number of nitrogens with zero attached hydrogens (tertiary/aromatic N) is 3. The SMILES string of the molecule is NC(=O)N1CCC(ONC(=O)C2CCC3CN2C(=O)N3OS(=O)(=O)O)C1. The van der Waals surface area contributed by atoms with E-state index in [-0.39, 0.29) is 19.5 Å². The predicted molar refractivity (Wildman–Crippen MR) is 82.2 cm³/mol. The van der Waals surface area contributed by atoms with Crippen LogP contribution in [0.2, 0.25) is 0 Å². The number of primary amides is 1. The summed E-state index contributed by atoms with van der Waals surface area (Å²) >= 11 is 0. The fraction of sp³-hybridized carbons (Fsp3) is 0.750. The largest absolute Gasteiger partial charge is 0.418 e. The van der Waals surface area contributed by atoms with Crippen molar-refractivity contribution in [2.45, 2.75) is 37.5 Å². The summed E-state index contributed by atoms with van der Waals surface area (Å²) in [5.74, 6) is -0.567. The molecule has 3 fully saturated rings. The van der Waals surface area contributed by atoms with Crippen LogP contribution >= 0.6 is 0 Å². The van der Waals surface area contributed by atoms with Gasteiger partial charge in [-0.2, -0.15) is 13.5 Å². The Kier molecular flexibility index (Phi) is 4.92. The highest BCUT2D eigenvalue weighted by Crippen LogP contribution is 2.30. The lowest BCUT2D eigenvalue weighted by Crippen LogP contribution is -2.50. The number of urea groups is 2. The van der Waals surface area contributed by atoms with Crippen LogP contribution in [0.25, 0.3) is 0 Å². The highest BCUT2D eigenvalue weighted by atomic mass is 32.3. The molecule has 14 heteroatoms. The first-order valence-electron chi connectivity index (χ1n) is 7.92. The van der Waals surface area contributed by atoms with Gasteiger partial charge in [0.25, 0.3) is 5.91 Å². The molecule has 0 aromatic carbocycles. The molecule has 4 N–H and O–H groups in total. The number of hydrogen-bond donors (Lipinski definition) is 3. The number of rotatable bonds is 5. The number of nitrogens with two attached hydrogens (primary N) is 1. The molecule has 26 heavy (non-hydrogen) atoms. The average molecular weight is 393 g/mol. The van der Waals surface area contributed by atoms with E-state index in [1.54, 1.807) is 0 Å². The number of nitrogens with one attached hydrogen (secondary N) is 1. The number of piperidine rings is 1. The monoisotopic (exact) mass is 393 g/mol. The molecule has 3 saturated heterocycles. The van der Waals surface area contributed by atoms with Crippen LogP contribution < -0.4 is 11.2 Å². The van der Waals surface area contributed by atoms with Gasteiger partial charge in [0, 0.05) is 13.1 Å². The Morgan fingerprint density at radius 2 is 1.96 bits per heavy atom. The van der Waals surface area contributed by atoms with Crippen LogP contribution in [0.15, 0.2) is 0 Å². The van der Waals surface area contributed by atoms with Crippen LogP contribution in [-0.4, -0.2) is 83.6 Å². The van der Waals surface area contributed by atoms with Gasteiger partial charge in [-0.25, -0.2) is 15.1 Å². The normalized spacial score (nSPS) is 28.6. The summed E-state index contributed by atoms with van der Waals surface area (Å²) in [6, 6.07) is -2.83. The Morgan fingerprint density at radius 1 is 1.23 bits per heavy atom. The third-order valence-corrected chi connectivity index (χ3v) is 4.93. The molecule has 3 heterocycles. The third kappa shape index (κ3) is 3.82. The van der Waals surface area contributed by atoms with Gasteiger partial charge in [0.1, 0.15) is 12.1 Å². The highest BCUT2D eigenvalue weighted by Gasteiger charge is 2.49. The molecule has 3 unspecified atom stereocenters. The summed E-state index contributed by atoms with van der Waals surface area (Å²) in [6.07, 6.45) is 0.689.